The van der Waals surface area contributed by atoms with E-state index in [2.05, 4.69) is 9.97 Å². The van der Waals surface area contributed by atoms with E-state index in [1.165, 1.54) is 12.1 Å². The maximum Gasteiger partial charge on any atom is 0.294 e. The fraction of sp³-hybridized carbons (Fsp3) is 0.462. The first-order chi connectivity index (χ1) is 8.65. The van der Waals surface area contributed by atoms with Crippen molar-refractivity contribution in [3.05, 3.63) is 24.0 Å². The summed E-state index contributed by atoms with van der Waals surface area (Å²) in [7, 11) is 0. The summed E-state index contributed by atoms with van der Waals surface area (Å²) in [5.41, 5.74) is 7.31. The lowest BCUT2D eigenvalue weighted by Crippen LogP contribution is -2.42. The highest BCUT2D eigenvalue weighted by Gasteiger charge is 2.30. The second-order valence-corrected chi connectivity index (χ2v) is 5.06. The fourth-order valence-corrected chi connectivity index (χ4v) is 2.46. The highest BCUT2D eigenvalue weighted by atomic mass is 19.1. The first kappa shape index (κ1) is 11.5. The van der Waals surface area contributed by atoms with Gasteiger partial charge in [0.25, 0.3) is 6.01 Å². The van der Waals surface area contributed by atoms with Crippen molar-refractivity contribution in [3.8, 4) is 6.01 Å². The van der Waals surface area contributed by atoms with Crippen molar-refractivity contribution in [1.82, 2.24) is 9.97 Å². The zero-order chi connectivity index (χ0) is 12.6. The summed E-state index contributed by atoms with van der Waals surface area (Å²) in [6.07, 6.45) is 4.29. The summed E-state index contributed by atoms with van der Waals surface area (Å²) in [4.78, 5) is 7.19. The van der Waals surface area contributed by atoms with Crippen LogP contribution in [0, 0.1) is 5.82 Å². The van der Waals surface area contributed by atoms with Crippen LogP contribution in [0.3, 0.4) is 0 Å². The average molecular weight is 249 g/mol. The van der Waals surface area contributed by atoms with E-state index in [0.717, 1.165) is 25.7 Å². The zero-order valence-corrected chi connectivity index (χ0v) is 10.1. The summed E-state index contributed by atoms with van der Waals surface area (Å²) in [6.45, 7) is 0.454. The number of imidazole rings is 1. The molecule has 3 rings (SSSR count). The zero-order valence-electron chi connectivity index (χ0n) is 10.1. The Kier molecular flexibility index (Phi) is 2.70. The first-order valence-corrected chi connectivity index (χ1v) is 6.22. The molecule has 18 heavy (non-hydrogen) atoms. The number of hydrogen-bond donors (Lipinski definition) is 2. The van der Waals surface area contributed by atoms with E-state index in [-0.39, 0.29) is 11.4 Å². The molecule has 0 saturated heterocycles. The quantitative estimate of drug-likeness (QED) is 0.877. The number of ether oxygens (including phenoxy) is 1. The minimum absolute atomic E-state index is 0.232. The van der Waals surface area contributed by atoms with Crippen LogP contribution in [0.2, 0.25) is 0 Å². The maximum absolute atomic E-state index is 13.0. The summed E-state index contributed by atoms with van der Waals surface area (Å²) < 4.78 is 18.6. The highest BCUT2D eigenvalue weighted by molar-refractivity contribution is 5.75. The van der Waals surface area contributed by atoms with Gasteiger partial charge in [-0.15, -0.1) is 0 Å². The molecule has 1 heterocycles. The van der Waals surface area contributed by atoms with Gasteiger partial charge in [-0.2, -0.15) is 4.98 Å². The summed E-state index contributed by atoms with van der Waals surface area (Å²) in [6, 6.07) is 4.83. The Balaban J connectivity index is 1.74. The lowest BCUT2D eigenvalue weighted by Gasteiger charge is -2.22. The smallest absolute Gasteiger partial charge is 0.294 e. The Labute approximate surface area is 104 Å². The second kappa shape index (κ2) is 4.24. The molecule has 0 aliphatic heterocycles. The monoisotopic (exact) mass is 249 g/mol. The number of nitrogens with one attached hydrogen (secondary N) is 1. The van der Waals surface area contributed by atoms with Gasteiger partial charge in [0.05, 0.1) is 16.6 Å². The Morgan fingerprint density at radius 3 is 2.94 bits per heavy atom. The Bertz CT molecular complexity index is 560. The molecule has 1 aromatic carbocycles. The highest BCUT2D eigenvalue weighted by Crippen LogP contribution is 2.27. The molecule has 1 saturated carbocycles. The topological polar surface area (TPSA) is 63.9 Å². The molecule has 1 aliphatic carbocycles. The third kappa shape index (κ3) is 2.18. The number of benzene rings is 1. The molecule has 1 fully saturated rings. The van der Waals surface area contributed by atoms with Gasteiger partial charge >= 0.3 is 0 Å². The molecule has 2 aromatic rings. The van der Waals surface area contributed by atoms with Gasteiger partial charge in [0.15, 0.2) is 0 Å². The number of aromatic amines is 1. The number of H-pyrrole nitrogens is 1. The number of nitrogens with zero attached hydrogens (tertiary/aromatic N) is 1. The number of nitrogens with two attached hydrogens (primary N) is 1. The van der Waals surface area contributed by atoms with Crippen molar-refractivity contribution >= 4 is 11.0 Å². The third-order valence-electron chi connectivity index (χ3n) is 3.52. The first-order valence-electron chi connectivity index (χ1n) is 6.22. The molecule has 0 spiro atoms. The number of fused-ring (bicyclic) bond motifs is 1. The summed E-state index contributed by atoms with van der Waals surface area (Å²) in [5.74, 6) is -0.288. The van der Waals surface area contributed by atoms with Gasteiger partial charge in [-0.3, -0.25) is 0 Å². The van der Waals surface area contributed by atoms with Crippen LogP contribution < -0.4 is 10.5 Å². The standard InChI is InChI=1S/C13H16FN3O/c14-9-3-4-10-11(7-9)17-12(16-10)18-8-13(15)5-1-2-6-13/h3-4,7H,1-2,5-6,8,15H2,(H,16,17). The molecule has 96 valence electrons. The molecule has 5 heteroatoms. The predicted molar refractivity (Wildman–Crippen MR) is 66.9 cm³/mol. The van der Waals surface area contributed by atoms with Crippen molar-refractivity contribution in [2.75, 3.05) is 6.61 Å². The van der Waals surface area contributed by atoms with Crippen LogP contribution in [0.1, 0.15) is 25.7 Å². The maximum atomic E-state index is 13.0. The normalized spacial score (nSPS) is 18.3. The van der Waals surface area contributed by atoms with Crippen LogP contribution in [-0.2, 0) is 0 Å². The third-order valence-corrected chi connectivity index (χ3v) is 3.52. The average Bonchev–Trinajstić information content (AvgIpc) is 2.93. The Morgan fingerprint density at radius 1 is 1.39 bits per heavy atom. The van der Waals surface area contributed by atoms with Crippen molar-refractivity contribution in [3.63, 3.8) is 0 Å². The van der Waals surface area contributed by atoms with Crippen LogP contribution in [0.5, 0.6) is 6.01 Å². The molecule has 4 nitrogen and oxygen atoms in total. The van der Waals surface area contributed by atoms with Gasteiger partial charge < -0.3 is 15.5 Å². The van der Waals surface area contributed by atoms with E-state index in [1.807, 2.05) is 0 Å². The molecule has 3 N–H and O–H groups in total. The van der Waals surface area contributed by atoms with Crippen molar-refractivity contribution < 1.29 is 9.13 Å². The second-order valence-electron chi connectivity index (χ2n) is 5.06. The van der Waals surface area contributed by atoms with Crippen molar-refractivity contribution in [1.29, 1.82) is 0 Å². The lowest BCUT2D eigenvalue weighted by molar-refractivity contribution is 0.208. The van der Waals surface area contributed by atoms with Crippen molar-refractivity contribution in [2.45, 2.75) is 31.2 Å². The van der Waals surface area contributed by atoms with E-state index < -0.39 is 0 Å². The van der Waals surface area contributed by atoms with Gasteiger partial charge in [-0.05, 0) is 31.0 Å². The van der Waals surface area contributed by atoms with E-state index in [9.17, 15) is 4.39 Å². The Hall–Kier alpha value is -1.62. The number of hydrogen-bond acceptors (Lipinski definition) is 3. The SMILES string of the molecule is NC1(COc2nc3ccc(F)cc3[nH]2)CCCC1. The van der Waals surface area contributed by atoms with Crippen LogP contribution in [0.4, 0.5) is 4.39 Å². The van der Waals surface area contributed by atoms with Crippen molar-refractivity contribution in [2.24, 2.45) is 5.73 Å². The minimum Gasteiger partial charge on any atom is -0.463 e. The molecule has 1 aliphatic rings. The lowest BCUT2D eigenvalue weighted by atomic mass is 10.0. The van der Waals surface area contributed by atoms with Crippen LogP contribution in [0.15, 0.2) is 18.2 Å². The van der Waals surface area contributed by atoms with E-state index in [0.29, 0.717) is 23.7 Å². The van der Waals surface area contributed by atoms with Gasteiger partial charge in [0.1, 0.15) is 12.4 Å². The fourth-order valence-electron chi connectivity index (χ4n) is 2.46. The van der Waals surface area contributed by atoms with Crippen LogP contribution in [0.25, 0.3) is 11.0 Å². The molecule has 0 unspecified atom stereocenters. The molecule has 0 radical (unpaired) electrons. The Morgan fingerprint density at radius 2 is 2.17 bits per heavy atom. The molecular weight excluding hydrogens is 233 g/mol. The predicted octanol–water partition coefficient (Wildman–Crippen LogP) is 2.35. The number of halogens is 1. The van der Waals surface area contributed by atoms with Crippen LogP contribution in [-0.4, -0.2) is 22.1 Å². The largest absolute Gasteiger partial charge is 0.463 e. The summed E-state index contributed by atoms with van der Waals surface area (Å²) >= 11 is 0. The van der Waals surface area contributed by atoms with Crippen LogP contribution >= 0.6 is 0 Å². The molecule has 0 amide bonds. The molecular formula is C13H16FN3O. The van der Waals surface area contributed by atoms with E-state index >= 15 is 0 Å². The minimum atomic E-state index is -0.288. The van der Waals surface area contributed by atoms with Gasteiger partial charge in [-0.25, -0.2) is 4.39 Å². The van der Waals surface area contributed by atoms with Gasteiger partial charge in [0, 0.05) is 0 Å². The van der Waals surface area contributed by atoms with E-state index in [1.54, 1.807) is 6.07 Å². The number of aromatic nitrogens is 2. The van der Waals surface area contributed by atoms with Gasteiger partial charge in [0.2, 0.25) is 0 Å². The summed E-state index contributed by atoms with van der Waals surface area (Å²) in [5, 5.41) is 0. The number of rotatable bonds is 3. The molecule has 0 bridgehead atoms. The molecule has 1 aromatic heterocycles. The van der Waals surface area contributed by atoms with Gasteiger partial charge in [-0.1, -0.05) is 12.8 Å². The molecule has 0 atom stereocenters. The van der Waals surface area contributed by atoms with E-state index in [4.69, 9.17) is 10.5 Å².